The zero-order valence-electron chi connectivity index (χ0n) is 10.1. The Balaban J connectivity index is 2.20. The summed E-state index contributed by atoms with van der Waals surface area (Å²) in [5.74, 6) is 0.281. The van der Waals surface area contributed by atoms with Crippen molar-refractivity contribution in [1.29, 1.82) is 0 Å². The summed E-state index contributed by atoms with van der Waals surface area (Å²) in [6.45, 7) is 0. The maximum absolute atomic E-state index is 12.0. The number of nitrogens with one attached hydrogen (secondary N) is 1. The molecule has 0 aliphatic rings. The van der Waals surface area contributed by atoms with Crippen molar-refractivity contribution < 1.29 is 9.53 Å². The fourth-order valence-electron chi connectivity index (χ4n) is 1.44. The number of rotatable bonds is 3. The van der Waals surface area contributed by atoms with Gasteiger partial charge in [-0.25, -0.2) is 9.97 Å². The van der Waals surface area contributed by atoms with E-state index >= 15 is 0 Å². The van der Waals surface area contributed by atoms with Gasteiger partial charge in [-0.05, 0) is 18.2 Å². The van der Waals surface area contributed by atoms with Crippen molar-refractivity contribution in [3.05, 3.63) is 41.2 Å². The molecule has 19 heavy (non-hydrogen) atoms. The van der Waals surface area contributed by atoms with Gasteiger partial charge in [0, 0.05) is 18.0 Å². The van der Waals surface area contributed by atoms with Crippen LogP contribution in [-0.4, -0.2) is 23.0 Å². The van der Waals surface area contributed by atoms with Crippen LogP contribution in [0.5, 0.6) is 5.75 Å². The van der Waals surface area contributed by atoms with Crippen LogP contribution in [0.4, 0.5) is 11.6 Å². The summed E-state index contributed by atoms with van der Waals surface area (Å²) >= 11 is 5.70. The minimum atomic E-state index is -0.414. The van der Waals surface area contributed by atoms with Gasteiger partial charge in [-0.15, -0.1) is 0 Å². The Morgan fingerprint density at radius 3 is 2.84 bits per heavy atom. The summed E-state index contributed by atoms with van der Waals surface area (Å²) in [6, 6.07) is 6.28. The molecule has 6 nitrogen and oxygen atoms in total. The van der Waals surface area contributed by atoms with E-state index in [1.165, 1.54) is 19.4 Å². The largest absolute Gasteiger partial charge is 0.497 e. The Morgan fingerprint density at radius 2 is 2.21 bits per heavy atom. The monoisotopic (exact) mass is 278 g/mol. The van der Waals surface area contributed by atoms with E-state index in [9.17, 15) is 4.79 Å². The summed E-state index contributed by atoms with van der Waals surface area (Å²) in [4.78, 5) is 19.7. The van der Waals surface area contributed by atoms with Gasteiger partial charge in [0.1, 0.15) is 10.9 Å². The minimum Gasteiger partial charge on any atom is -0.497 e. The molecular formula is C12H11ClN4O2. The second kappa shape index (κ2) is 5.53. The fourth-order valence-corrected chi connectivity index (χ4v) is 1.58. The predicted molar refractivity (Wildman–Crippen MR) is 72.4 cm³/mol. The number of carbonyl (C=O) groups excluding carboxylic acids is 1. The maximum atomic E-state index is 12.0. The smallest absolute Gasteiger partial charge is 0.260 e. The summed E-state index contributed by atoms with van der Waals surface area (Å²) in [7, 11) is 1.52. The first-order valence-electron chi connectivity index (χ1n) is 5.33. The van der Waals surface area contributed by atoms with Crippen molar-refractivity contribution in [1.82, 2.24) is 9.97 Å². The van der Waals surface area contributed by atoms with Crippen LogP contribution in [0.15, 0.2) is 30.5 Å². The molecule has 1 aromatic carbocycles. The lowest BCUT2D eigenvalue weighted by molar-refractivity contribution is 0.102. The second-order valence-electron chi connectivity index (χ2n) is 3.61. The van der Waals surface area contributed by atoms with E-state index in [4.69, 9.17) is 22.1 Å². The molecular weight excluding hydrogens is 268 g/mol. The number of nitrogens with zero attached hydrogens (tertiary/aromatic N) is 2. The van der Waals surface area contributed by atoms with Crippen LogP contribution in [0.25, 0.3) is 0 Å². The van der Waals surface area contributed by atoms with Crippen LogP contribution in [0.1, 0.15) is 10.4 Å². The third-order valence-corrected chi connectivity index (χ3v) is 2.56. The zero-order valence-corrected chi connectivity index (χ0v) is 10.8. The number of halogens is 1. The number of ether oxygens (including phenoxy) is 1. The van der Waals surface area contributed by atoms with Crippen LogP contribution in [0.2, 0.25) is 5.15 Å². The molecule has 3 N–H and O–H groups in total. The van der Waals surface area contributed by atoms with Gasteiger partial charge < -0.3 is 10.5 Å². The molecule has 0 aliphatic heterocycles. The molecule has 7 heteroatoms. The number of nitrogens with two attached hydrogens (primary N) is 1. The molecule has 0 atom stereocenters. The van der Waals surface area contributed by atoms with Crippen LogP contribution < -0.4 is 15.8 Å². The van der Waals surface area contributed by atoms with Gasteiger partial charge in [-0.3, -0.25) is 10.1 Å². The summed E-state index contributed by atoms with van der Waals surface area (Å²) in [6.07, 6.45) is 1.45. The predicted octanol–water partition coefficient (Wildman–Crippen LogP) is 1.97. The van der Waals surface area contributed by atoms with E-state index in [1.807, 2.05) is 0 Å². The van der Waals surface area contributed by atoms with Crippen molar-refractivity contribution in [2.75, 3.05) is 18.2 Å². The number of aromatic nitrogens is 2. The van der Waals surface area contributed by atoms with Gasteiger partial charge in [0.15, 0.2) is 0 Å². The summed E-state index contributed by atoms with van der Waals surface area (Å²) < 4.78 is 5.01. The lowest BCUT2D eigenvalue weighted by Crippen LogP contribution is -2.15. The molecule has 0 saturated heterocycles. The number of nitrogen functional groups attached to an aromatic ring is 1. The highest BCUT2D eigenvalue weighted by Crippen LogP contribution is 2.20. The Hall–Kier alpha value is -2.34. The molecule has 1 aromatic heterocycles. The second-order valence-corrected chi connectivity index (χ2v) is 4.00. The van der Waals surface area contributed by atoms with Crippen LogP contribution in [0.3, 0.4) is 0 Å². The van der Waals surface area contributed by atoms with E-state index in [-0.39, 0.29) is 11.1 Å². The van der Waals surface area contributed by atoms with Crippen LogP contribution in [-0.2, 0) is 0 Å². The Bertz CT molecular complexity index is 618. The number of anilines is 2. The quantitative estimate of drug-likeness (QED) is 0.662. The standard InChI is InChI=1S/C12H11ClN4O2/c1-19-7-2-3-8(9(14)6-7)11(18)17-12-15-5-4-10(13)16-12/h2-6H,14H2,1H3,(H,15,16,17,18). The molecule has 2 rings (SSSR count). The van der Waals surface area contributed by atoms with Crippen LogP contribution in [0, 0.1) is 0 Å². The zero-order chi connectivity index (χ0) is 13.8. The number of methoxy groups -OCH3 is 1. The Labute approximate surface area is 114 Å². The van der Waals surface area contributed by atoms with Gasteiger partial charge in [-0.2, -0.15) is 0 Å². The maximum Gasteiger partial charge on any atom is 0.260 e. The average molecular weight is 279 g/mol. The van der Waals surface area contributed by atoms with Crippen molar-refractivity contribution in [3.8, 4) is 5.75 Å². The first-order valence-corrected chi connectivity index (χ1v) is 5.71. The third-order valence-electron chi connectivity index (χ3n) is 2.35. The van der Waals surface area contributed by atoms with Crippen molar-refractivity contribution in [2.45, 2.75) is 0 Å². The molecule has 2 aromatic rings. The number of amides is 1. The van der Waals surface area contributed by atoms with E-state index in [0.29, 0.717) is 17.0 Å². The highest BCUT2D eigenvalue weighted by molar-refractivity contribution is 6.29. The highest BCUT2D eigenvalue weighted by Gasteiger charge is 2.12. The average Bonchev–Trinajstić information content (AvgIpc) is 2.38. The molecule has 1 heterocycles. The van der Waals surface area contributed by atoms with Gasteiger partial charge in [0.25, 0.3) is 5.91 Å². The molecule has 0 fully saturated rings. The normalized spacial score (nSPS) is 10.0. The molecule has 98 valence electrons. The minimum absolute atomic E-state index is 0.118. The number of benzene rings is 1. The van der Waals surface area contributed by atoms with Crippen molar-refractivity contribution >= 4 is 29.1 Å². The molecule has 1 amide bonds. The SMILES string of the molecule is COc1ccc(C(=O)Nc2nccc(Cl)n2)c(N)c1. The number of hydrogen-bond donors (Lipinski definition) is 2. The Kier molecular flexibility index (Phi) is 3.82. The van der Waals surface area contributed by atoms with E-state index in [1.54, 1.807) is 18.2 Å². The molecule has 0 unspecified atom stereocenters. The highest BCUT2D eigenvalue weighted by atomic mass is 35.5. The first-order chi connectivity index (χ1) is 9.10. The van der Waals surface area contributed by atoms with Crippen molar-refractivity contribution in [3.63, 3.8) is 0 Å². The summed E-state index contributed by atoms with van der Waals surface area (Å²) in [5.41, 5.74) is 6.39. The first kappa shape index (κ1) is 13.1. The van der Waals surface area contributed by atoms with Crippen LogP contribution >= 0.6 is 11.6 Å². The third kappa shape index (κ3) is 3.11. The van der Waals surface area contributed by atoms with E-state index in [2.05, 4.69) is 15.3 Å². The van der Waals surface area contributed by atoms with Crippen molar-refractivity contribution in [2.24, 2.45) is 0 Å². The molecule has 0 spiro atoms. The lowest BCUT2D eigenvalue weighted by Gasteiger charge is -2.08. The van der Waals surface area contributed by atoms with E-state index in [0.717, 1.165) is 0 Å². The van der Waals surface area contributed by atoms with Gasteiger partial charge in [0.2, 0.25) is 5.95 Å². The molecule has 0 bridgehead atoms. The Morgan fingerprint density at radius 1 is 1.42 bits per heavy atom. The lowest BCUT2D eigenvalue weighted by atomic mass is 10.1. The number of carbonyl (C=O) groups is 1. The molecule has 0 radical (unpaired) electrons. The fraction of sp³-hybridized carbons (Fsp3) is 0.0833. The topological polar surface area (TPSA) is 90.1 Å². The van der Waals surface area contributed by atoms with Gasteiger partial charge >= 0.3 is 0 Å². The molecule has 0 aliphatic carbocycles. The molecule has 0 saturated carbocycles. The van der Waals surface area contributed by atoms with Gasteiger partial charge in [0.05, 0.1) is 12.7 Å². The number of hydrogen-bond acceptors (Lipinski definition) is 5. The summed E-state index contributed by atoms with van der Waals surface area (Å²) in [5, 5.41) is 2.75. The van der Waals surface area contributed by atoms with Gasteiger partial charge in [-0.1, -0.05) is 11.6 Å². The van der Waals surface area contributed by atoms with E-state index < -0.39 is 5.91 Å².